The summed E-state index contributed by atoms with van der Waals surface area (Å²) in [5.41, 5.74) is 1.01. The van der Waals surface area contributed by atoms with Gasteiger partial charge in [0.15, 0.2) is 6.61 Å². The monoisotopic (exact) mass is 404 g/mol. The standard InChI is InChI=1S/C20H21ClN2O5/c1-2-27-17-9-7-16(8-10-17)23-18(24)13-28-19(25)11-12-22-20(26)14-3-5-15(21)6-4-14/h3-10H,2,11-13H2,1H3,(H,22,26)(H,23,24). The highest BCUT2D eigenvalue weighted by atomic mass is 35.5. The van der Waals surface area contributed by atoms with Crippen LogP contribution in [0.2, 0.25) is 5.02 Å². The van der Waals surface area contributed by atoms with Crippen LogP contribution in [0, 0.1) is 0 Å². The number of rotatable bonds is 9. The molecule has 8 heteroatoms. The molecule has 28 heavy (non-hydrogen) atoms. The van der Waals surface area contributed by atoms with Crippen LogP contribution in [-0.2, 0) is 14.3 Å². The lowest BCUT2D eigenvalue weighted by Crippen LogP contribution is -2.27. The van der Waals surface area contributed by atoms with Crippen molar-refractivity contribution in [2.24, 2.45) is 0 Å². The van der Waals surface area contributed by atoms with Crippen molar-refractivity contribution in [3.8, 4) is 5.75 Å². The third kappa shape index (κ3) is 7.28. The fourth-order valence-corrected chi connectivity index (χ4v) is 2.32. The normalized spacial score (nSPS) is 10.1. The Morgan fingerprint density at radius 3 is 2.32 bits per heavy atom. The molecule has 148 valence electrons. The van der Waals surface area contributed by atoms with E-state index in [2.05, 4.69) is 10.6 Å². The predicted molar refractivity (Wildman–Crippen MR) is 106 cm³/mol. The number of hydrogen-bond donors (Lipinski definition) is 2. The number of nitrogens with one attached hydrogen (secondary N) is 2. The van der Waals surface area contributed by atoms with Crippen LogP contribution in [0.1, 0.15) is 23.7 Å². The molecule has 2 aromatic rings. The van der Waals surface area contributed by atoms with E-state index in [0.717, 1.165) is 0 Å². The molecular formula is C20H21ClN2O5. The Balaban J connectivity index is 1.65. The van der Waals surface area contributed by atoms with Crippen LogP contribution in [-0.4, -0.2) is 37.5 Å². The average Bonchev–Trinajstić information content (AvgIpc) is 2.68. The fourth-order valence-electron chi connectivity index (χ4n) is 2.20. The van der Waals surface area contributed by atoms with E-state index < -0.39 is 18.5 Å². The molecule has 2 rings (SSSR count). The number of carbonyl (C=O) groups excluding carboxylic acids is 3. The van der Waals surface area contributed by atoms with Crippen molar-refractivity contribution in [3.05, 3.63) is 59.1 Å². The highest BCUT2D eigenvalue weighted by molar-refractivity contribution is 6.30. The van der Waals surface area contributed by atoms with Crippen molar-refractivity contribution in [2.45, 2.75) is 13.3 Å². The van der Waals surface area contributed by atoms with E-state index in [4.69, 9.17) is 21.1 Å². The van der Waals surface area contributed by atoms with E-state index in [1.807, 2.05) is 6.92 Å². The first-order valence-corrected chi connectivity index (χ1v) is 9.08. The molecule has 0 saturated heterocycles. The Kier molecular flexibility index (Phi) is 8.30. The van der Waals surface area contributed by atoms with Crippen LogP contribution >= 0.6 is 11.6 Å². The van der Waals surface area contributed by atoms with Crippen molar-refractivity contribution in [2.75, 3.05) is 25.1 Å². The van der Waals surface area contributed by atoms with Crippen molar-refractivity contribution in [1.29, 1.82) is 0 Å². The van der Waals surface area contributed by atoms with Gasteiger partial charge in [-0.25, -0.2) is 0 Å². The lowest BCUT2D eigenvalue weighted by atomic mass is 10.2. The van der Waals surface area contributed by atoms with E-state index in [1.54, 1.807) is 48.5 Å². The summed E-state index contributed by atoms with van der Waals surface area (Å²) in [6.07, 6.45) is -0.0460. The van der Waals surface area contributed by atoms with Gasteiger partial charge in [0.25, 0.3) is 11.8 Å². The first-order chi connectivity index (χ1) is 13.5. The molecule has 0 fully saturated rings. The Morgan fingerprint density at radius 2 is 1.68 bits per heavy atom. The Morgan fingerprint density at radius 1 is 1.00 bits per heavy atom. The van der Waals surface area contributed by atoms with Gasteiger partial charge in [0, 0.05) is 22.8 Å². The van der Waals surface area contributed by atoms with E-state index >= 15 is 0 Å². The minimum absolute atomic E-state index is 0.0460. The summed E-state index contributed by atoms with van der Waals surface area (Å²) in [7, 11) is 0. The molecule has 7 nitrogen and oxygen atoms in total. The van der Waals surface area contributed by atoms with Gasteiger partial charge in [0.05, 0.1) is 13.0 Å². The number of carbonyl (C=O) groups is 3. The van der Waals surface area contributed by atoms with Crippen molar-refractivity contribution >= 4 is 35.1 Å². The van der Waals surface area contributed by atoms with E-state index in [1.165, 1.54) is 0 Å². The zero-order valence-corrected chi connectivity index (χ0v) is 16.1. The van der Waals surface area contributed by atoms with Gasteiger partial charge in [-0.1, -0.05) is 11.6 Å². The SMILES string of the molecule is CCOc1ccc(NC(=O)COC(=O)CCNC(=O)c2ccc(Cl)cc2)cc1. The highest BCUT2D eigenvalue weighted by Crippen LogP contribution is 2.15. The molecule has 0 aliphatic rings. The third-order valence-corrected chi connectivity index (χ3v) is 3.79. The summed E-state index contributed by atoms with van der Waals surface area (Å²) in [4.78, 5) is 35.4. The highest BCUT2D eigenvalue weighted by Gasteiger charge is 2.10. The van der Waals surface area contributed by atoms with Crippen LogP contribution in [0.4, 0.5) is 5.69 Å². The second-order valence-electron chi connectivity index (χ2n) is 5.68. The molecular weight excluding hydrogens is 384 g/mol. The quantitative estimate of drug-likeness (QED) is 0.626. The zero-order chi connectivity index (χ0) is 20.4. The second-order valence-corrected chi connectivity index (χ2v) is 6.12. The maximum Gasteiger partial charge on any atom is 0.308 e. The smallest absolute Gasteiger partial charge is 0.308 e. The lowest BCUT2D eigenvalue weighted by Gasteiger charge is -2.08. The van der Waals surface area contributed by atoms with E-state index in [9.17, 15) is 14.4 Å². The molecule has 0 heterocycles. The third-order valence-electron chi connectivity index (χ3n) is 3.53. The number of hydrogen-bond acceptors (Lipinski definition) is 5. The van der Waals surface area contributed by atoms with E-state index in [0.29, 0.717) is 28.6 Å². The summed E-state index contributed by atoms with van der Waals surface area (Å²) in [5.74, 6) is -0.661. The molecule has 0 saturated carbocycles. The summed E-state index contributed by atoms with van der Waals surface area (Å²) in [6.45, 7) is 2.13. The molecule has 2 amide bonds. The van der Waals surface area contributed by atoms with Crippen LogP contribution < -0.4 is 15.4 Å². The summed E-state index contributed by atoms with van der Waals surface area (Å²) in [5, 5.41) is 5.74. The molecule has 2 N–H and O–H groups in total. The number of benzene rings is 2. The van der Waals surface area contributed by atoms with Crippen LogP contribution in [0.25, 0.3) is 0 Å². The van der Waals surface area contributed by atoms with Gasteiger partial charge in [-0.05, 0) is 55.5 Å². The zero-order valence-electron chi connectivity index (χ0n) is 15.4. The Labute approximate surface area is 168 Å². The van der Waals surface area contributed by atoms with Crippen molar-refractivity contribution in [3.63, 3.8) is 0 Å². The largest absolute Gasteiger partial charge is 0.494 e. The first kappa shape index (κ1) is 21.2. The minimum atomic E-state index is -0.585. The fraction of sp³-hybridized carbons (Fsp3) is 0.250. The van der Waals surface area contributed by atoms with Crippen LogP contribution in [0.3, 0.4) is 0 Å². The number of amides is 2. The molecule has 0 aromatic heterocycles. The van der Waals surface area contributed by atoms with Crippen molar-refractivity contribution < 1.29 is 23.9 Å². The summed E-state index contributed by atoms with van der Waals surface area (Å²) < 4.78 is 10.2. The Hall–Kier alpha value is -3.06. The summed E-state index contributed by atoms with van der Waals surface area (Å²) >= 11 is 5.76. The maximum atomic E-state index is 11.9. The molecule has 2 aromatic carbocycles. The average molecular weight is 405 g/mol. The topological polar surface area (TPSA) is 93.7 Å². The van der Waals surface area contributed by atoms with Gasteiger partial charge in [-0.3, -0.25) is 14.4 Å². The molecule has 0 aliphatic carbocycles. The van der Waals surface area contributed by atoms with Gasteiger partial charge < -0.3 is 20.1 Å². The van der Waals surface area contributed by atoms with Crippen LogP contribution in [0.5, 0.6) is 5.75 Å². The van der Waals surface area contributed by atoms with Gasteiger partial charge in [0.2, 0.25) is 0 Å². The lowest BCUT2D eigenvalue weighted by molar-refractivity contribution is -0.147. The number of halogens is 1. The van der Waals surface area contributed by atoms with E-state index in [-0.39, 0.29) is 18.9 Å². The number of ether oxygens (including phenoxy) is 2. The van der Waals surface area contributed by atoms with Gasteiger partial charge in [0.1, 0.15) is 5.75 Å². The molecule has 0 atom stereocenters. The molecule has 0 unspecified atom stereocenters. The van der Waals surface area contributed by atoms with Gasteiger partial charge in [-0.15, -0.1) is 0 Å². The number of esters is 1. The second kappa shape index (κ2) is 10.9. The van der Waals surface area contributed by atoms with Crippen LogP contribution in [0.15, 0.2) is 48.5 Å². The molecule has 0 aliphatic heterocycles. The molecule has 0 spiro atoms. The molecule has 0 bridgehead atoms. The van der Waals surface area contributed by atoms with Gasteiger partial charge >= 0.3 is 5.97 Å². The first-order valence-electron chi connectivity index (χ1n) is 8.70. The maximum absolute atomic E-state index is 11.9. The molecule has 0 radical (unpaired) electrons. The minimum Gasteiger partial charge on any atom is -0.494 e. The number of anilines is 1. The predicted octanol–water partition coefficient (Wildman–Crippen LogP) is 3.04. The Bertz CT molecular complexity index is 806. The van der Waals surface area contributed by atoms with Crippen molar-refractivity contribution in [1.82, 2.24) is 5.32 Å². The van der Waals surface area contributed by atoms with Gasteiger partial charge in [-0.2, -0.15) is 0 Å². The summed E-state index contributed by atoms with van der Waals surface area (Å²) in [6, 6.07) is 13.2.